The van der Waals surface area contributed by atoms with Crippen molar-refractivity contribution in [3.05, 3.63) is 18.2 Å². The van der Waals surface area contributed by atoms with E-state index < -0.39 is 5.82 Å². The van der Waals surface area contributed by atoms with Gasteiger partial charge in [0, 0.05) is 6.54 Å². The van der Waals surface area contributed by atoms with Crippen LogP contribution in [0.5, 0.6) is 0 Å². The average Bonchev–Trinajstić information content (AvgIpc) is 2.80. The third-order valence-electron chi connectivity index (χ3n) is 2.76. The molecule has 2 aliphatic rings. The molecule has 4 nitrogen and oxygen atoms in total. The van der Waals surface area contributed by atoms with Gasteiger partial charge in [0.2, 0.25) is 5.95 Å². The first-order valence-corrected chi connectivity index (χ1v) is 4.69. The molecule has 0 amide bonds. The summed E-state index contributed by atoms with van der Waals surface area (Å²) in [6.07, 6.45) is 3.76. The number of nitrogens with zero attached hydrogens (tertiary/aromatic N) is 3. The predicted molar refractivity (Wildman–Crippen MR) is 47.5 cm³/mol. The van der Waals surface area contributed by atoms with Crippen LogP contribution in [0.15, 0.2) is 12.4 Å². The van der Waals surface area contributed by atoms with Gasteiger partial charge in [0.1, 0.15) is 0 Å². The van der Waals surface area contributed by atoms with E-state index in [0.717, 1.165) is 19.6 Å². The molecule has 1 aromatic heterocycles. The molecule has 0 aromatic carbocycles. The largest absolute Gasteiger partial charge is 0.374 e. The zero-order valence-electron chi connectivity index (χ0n) is 7.56. The van der Waals surface area contributed by atoms with Crippen molar-refractivity contribution in [3.8, 4) is 0 Å². The minimum atomic E-state index is -0.394. The number of morpholine rings is 1. The van der Waals surface area contributed by atoms with Crippen molar-refractivity contribution in [2.24, 2.45) is 0 Å². The Bertz CT molecular complexity index is 342. The van der Waals surface area contributed by atoms with Crippen molar-refractivity contribution in [1.29, 1.82) is 0 Å². The van der Waals surface area contributed by atoms with Gasteiger partial charge >= 0.3 is 0 Å². The molecule has 74 valence electrons. The van der Waals surface area contributed by atoms with Crippen molar-refractivity contribution in [2.45, 2.75) is 18.6 Å². The number of hydrogen-bond donors (Lipinski definition) is 0. The third-order valence-corrected chi connectivity index (χ3v) is 2.76. The van der Waals surface area contributed by atoms with E-state index in [-0.39, 0.29) is 0 Å². The van der Waals surface area contributed by atoms with Crippen LogP contribution >= 0.6 is 0 Å². The van der Waals surface area contributed by atoms with E-state index in [1.807, 2.05) is 0 Å². The van der Waals surface area contributed by atoms with Gasteiger partial charge in [0.25, 0.3) is 0 Å². The molecular weight excluding hydrogens is 185 g/mol. The summed E-state index contributed by atoms with van der Waals surface area (Å²) >= 11 is 0. The van der Waals surface area contributed by atoms with Crippen LogP contribution in [0.4, 0.5) is 10.3 Å². The quantitative estimate of drug-likeness (QED) is 0.657. The molecule has 2 fully saturated rings. The minimum Gasteiger partial charge on any atom is -0.374 e. The topological polar surface area (TPSA) is 38.2 Å². The molecule has 5 heteroatoms. The van der Waals surface area contributed by atoms with Gasteiger partial charge in [-0.1, -0.05) is 0 Å². The number of hydrogen-bond acceptors (Lipinski definition) is 4. The van der Waals surface area contributed by atoms with Crippen molar-refractivity contribution >= 4 is 5.95 Å². The number of fused-ring (bicyclic) bond motifs is 2. The van der Waals surface area contributed by atoms with E-state index in [4.69, 9.17) is 4.74 Å². The van der Waals surface area contributed by atoms with Crippen molar-refractivity contribution in [1.82, 2.24) is 9.97 Å². The maximum atomic E-state index is 12.6. The molecule has 0 radical (unpaired) electrons. The van der Waals surface area contributed by atoms with Crippen LogP contribution in [0.2, 0.25) is 0 Å². The Labute approximate surface area is 80.7 Å². The lowest BCUT2D eigenvalue weighted by Gasteiger charge is -2.26. The minimum absolute atomic E-state index is 0.314. The number of aromatic nitrogens is 2. The number of anilines is 1. The molecule has 2 saturated heterocycles. The number of ether oxygens (including phenoxy) is 1. The van der Waals surface area contributed by atoms with Crippen molar-refractivity contribution in [2.75, 3.05) is 18.1 Å². The molecule has 2 aliphatic heterocycles. The molecule has 0 aliphatic carbocycles. The average molecular weight is 195 g/mol. The van der Waals surface area contributed by atoms with E-state index in [9.17, 15) is 4.39 Å². The third kappa shape index (κ3) is 1.16. The first-order valence-electron chi connectivity index (χ1n) is 4.69. The molecule has 2 atom stereocenters. The van der Waals surface area contributed by atoms with Gasteiger partial charge in [-0.3, -0.25) is 0 Å². The highest BCUT2D eigenvalue weighted by atomic mass is 19.1. The maximum Gasteiger partial charge on any atom is 0.225 e. The molecular formula is C9H10FN3O. The fourth-order valence-corrected chi connectivity index (χ4v) is 2.10. The maximum absolute atomic E-state index is 12.6. The highest BCUT2D eigenvalue weighted by Gasteiger charge is 2.40. The van der Waals surface area contributed by atoms with Gasteiger partial charge in [0.15, 0.2) is 5.82 Å². The molecule has 0 spiro atoms. The zero-order chi connectivity index (χ0) is 9.54. The Morgan fingerprint density at radius 2 is 2.21 bits per heavy atom. The molecule has 0 saturated carbocycles. The predicted octanol–water partition coefficient (Wildman–Crippen LogP) is 0.593. The van der Waals surface area contributed by atoms with E-state index in [2.05, 4.69) is 14.9 Å². The highest BCUT2D eigenvalue weighted by molar-refractivity contribution is 5.34. The van der Waals surface area contributed by atoms with Crippen LogP contribution < -0.4 is 4.90 Å². The first-order chi connectivity index (χ1) is 6.83. The molecule has 14 heavy (non-hydrogen) atoms. The van der Waals surface area contributed by atoms with Crippen molar-refractivity contribution < 1.29 is 9.13 Å². The van der Waals surface area contributed by atoms with Crippen LogP contribution in [0.1, 0.15) is 6.42 Å². The van der Waals surface area contributed by atoms with Crippen LogP contribution in [-0.2, 0) is 4.74 Å². The lowest BCUT2D eigenvalue weighted by atomic mass is 10.2. The van der Waals surface area contributed by atoms with Crippen molar-refractivity contribution in [3.63, 3.8) is 0 Å². The molecule has 3 rings (SSSR count). The zero-order valence-corrected chi connectivity index (χ0v) is 7.56. The molecule has 3 heterocycles. The SMILES string of the molecule is Fc1cnc(N2C[C@H]3C[C@H]2CO3)nc1. The second-order valence-corrected chi connectivity index (χ2v) is 3.70. The Morgan fingerprint density at radius 3 is 2.79 bits per heavy atom. The fraction of sp³-hybridized carbons (Fsp3) is 0.556. The number of halogens is 1. The van der Waals surface area contributed by atoms with E-state index in [1.54, 1.807) is 0 Å². The second kappa shape index (κ2) is 2.88. The summed E-state index contributed by atoms with van der Waals surface area (Å²) in [5.74, 6) is 0.219. The summed E-state index contributed by atoms with van der Waals surface area (Å²) in [5, 5.41) is 0. The molecule has 2 bridgehead atoms. The summed E-state index contributed by atoms with van der Waals surface area (Å²) in [7, 11) is 0. The monoisotopic (exact) mass is 195 g/mol. The van der Waals surface area contributed by atoms with Crippen LogP contribution in [-0.4, -0.2) is 35.3 Å². The van der Waals surface area contributed by atoms with Crippen LogP contribution in [0.3, 0.4) is 0 Å². The Morgan fingerprint density at radius 1 is 1.43 bits per heavy atom. The number of rotatable bonds is 1. The first kappa shape index (κ1) is 8.11. The standard InChI is InChI=1S/C9H10FN3O/c10-6-2-11-9(12-3-6)13-4-8-1-7(13)5-14-8/h2-3,7-8H,1,4-5H2/t7-,8+/m0/s1. The van der Waals surface area contributed by atoms with Crippen LogP contribution in [0.25, 0.3) is 0 Å². The van der Waals surface area contributed by atoms with Gasteiger partial charge in [-0.05, 0) is 6.42 Å². The van der Waals surface area contributed by atoms with E-state index in [0.29, 0.717) is 18.1 Å². The van der Waals surface area contributed by atoms with E-state index in [1.165, 1.54) is 12.4 Å². The summed E-state index contributed by atoms with van der Waals surface area (Å²) in [6.45, 7) is 1.57. The van der Waals surface area contributed by atoms with Gasteiger partial charge in [-0.15, -0.1) is 0 Å². The second-order valence-electron chi connectivity index (χ2n) is 3.70. The molecule has 0 unspecified atom stereocenters. The smallest absolute Gasteiger partial charge is 0.225 e. The normalized spacial score (nSPS) is 29.9. The summed E-state index contributed by atoms with van der Waals surface area (Å²) in [6, 6.07) is 0.380. The Hall–Kier alpha value is -1.23. The molecule has 1 aromatic rings. The van der Waals surface area contributed by atoms with Crippen LogP contribution in [0, 0.1) is 5.82 Å². The summed E-state index contributed by atoms with van der Waals surface area (Å²) < 4.78 is 18.0. The summed E-state index contributed by atoms with van der Waals surface area (Å²) in [5.41, 5.74) is 0. The Kier molecular flexibility index (Phi) is 1.67. The molecule has 0 N–H and O–H groups in total. The fourth-order valence-electron chi connectivity index (χ4n) is 2.10. The lowest BCUT2D eigenvalue weighted by molar-refractivity contribution is 0.0986. The van der Waals surface area contributed by atoms with E-state index >= 15 is 0 Å². The lowest BCUT2D eigenvalue weighted by Crippen LogP contribution is -2.38. The van der Waals surface area contributed by atoms with Gasteiger partial charge < -0.3 is 9.64 Å². The van der Waals surface area contributed by atoms with Gasteiger partial charge in [-0.25, -0.2) is 14.4 Å². The highest BCUT2D eigenvalue weighted by Crippen LogP contribution is 2.30. The Balaban J connectivity index is 1.86. The van der Waals surface area contributed by atoms with Gasteiger partial charge in [0.05, 0.1) is 31.1 Å². The summed E-state index contributed by atoms with van der Waals surface area (Å²) in [4.78, 5) is 10.0. The van der Waals surface area contributed by atoms with Gasteiger partial charge in [-0.2, -0.15) is 0 Å².